The lowest BCUT2D eigenvalue weighted by Gasteiger charge is -2.27. The van der Waals surface area contributed by atoms with Crippen LogP contribution < -0.4 is 0 Å². The number of Topliss-reactive ketones (excluding diaryl/α,β-unsaturated/α-hetero) is 1. The molecule has 0 saturated heterocycles. The van der Waals surface area contributed by atoms with Gasteiger partial charge in [0.1, 0.15) is 11.6 Å². The van der Waals surface area contributed by atoms with Crippen molar-refractivity contribution < 1.29 is 18.0 Å². The molecule has 0 bridgehead atoms. The lowest BCUT2D eigenvalue weighted by atomic mass is 9.82. The first kappa shape index (κ1) is 14.1. The minimum atomic E-state index is -2.61. The summed E-state index contributed by atoms with van der Waals surface area (Å²) >= 11 is 0. The van der Waals surface area contributed by atoms with E-state index in [0.717, 1.165) is 11.1 Å². The van der Waals surface area contributed by atoms with Gasteiger partial charge in [0.25, 0.3) is 0 Å². The van der Waals surface area contributed by atoms with E-state index in [9.17, 15) is 18.0 Å². The van der Waals surface area contributed by atoms with Crippen molar-refractivity contribution in [3.8, 4) is 0 Å². The smallest absolute Gasteiger partial charge is 0.248 e. The molecule has 1 aliphatic carbocycles. The van der Waals surface area contributed by atoms with E-state index in [-0.39, 0.29) is 49.6 Å². The van der Waals surface area contributed by atoms with Crippen LogP contribution in [0.25, 0.3) is 0 Å². The Kier molecular flexibility index (Phi) is 3.97. The fraction of sp³-hybridized carbons (Fsp3) is 0.533. The third-order valence-electron chi connectivity index (χ3n) is 3.84. The van der Waals surface area contributed by atoms with E-state index in [4.69, 9.17) is 0 Å². The quantitative estimate of drug-likeness (QED) is 0.809. The normalized spacial score (nSPS) is 19.4. The molecular formula is C15H17F3O. The van der Waals surface area contributed by atoms with Crippen LogP contribution in [0.5, 0.6) is 0 Å². The molecule has 1 aliphatic rings. The van der Waals surface area contributed by atoms with Crippen molar-refractivity contribution >= 4 is 5.78 Å². The SMILES string of the molecule is Cc1cc(F)ccc1CC(=O)C1CCC(F)(F)CC1. The minimum Gasteiger partial charge on any atom is -0.299 e. The second-order valence-corrected chi connectivity index (χ2v) is 5.34. The number of rotatable bonds is 3. The van der Waals surface area contributed by atoms with Crippen molar-refractivity contribution in [1.29, 1.82) is 0 Å². The number of aryl methyl sites for hydroxylation is 1. The maximum absolute atomic E-state index is 13.0. The molecule has 0 unspecified atom stereocenters. The van der Waals surface area contributed by atoms with Gasteiger partial charge in [-0.25, -0.2) is 13.2 Å². The zero-order valence-corrected chi connectivity index (χ0v) is 10.9. The fourth-order valence-corrected chi connectivity index (χ4v) is 2.55. The summed E-state index contributed by atoms with van der Waals surface area (Å²) in [7, 11) is 0. The van der Waals surface area contributed by atoms with Crippen LogP contribution in [0.4, 0.5) is 13.2 Å². The van der Waals surface area contributed by atoms with Gasteiger partial charge < -0.3 is 0 Å². The molecule has 0 spiro atoms. The van der Waals surface area contributed by atoms with E-state index in [1.165, 1.54) is 12.1 Å². The molecule has 0 radical (unpaired) electrons. The molecule has 1 fully saturated rings. The second kappa shape index (κ2) is 5.35. The topological polar surface area (TPSA) is 17.1 Å². The summed E-state index contributed by atoms with van der Waals surface area (Å²) in [5.41, 5.74) is 1.51. The Morgan fingerprint density at radius 1 is 1.32 bits per heavy atom. The Balaban J connectivity index is 1.98. The van der Waals surface area contributed by atoms with Crippen LogP contribution in [0, 0.1) is 18.7 Å². The van der Waals surface area contributed by atoms with Gasteiger partial charge in [0, 0.05) is 25.2 Å². The summed E-state index contributed by atoms with van der Waals surface area (Å²) in [6.45, 7) is 1.75. The summed E-state index contributed by atoms with van der Waals surface area (Å²) in [5.74, 6) is -3.22. The number of hydrogen-bond acceptors (Lipinski definition) is 1. The molecule has 0 aromatic heterocycles. The number of ketones is 1. The molecule has 0 amide bonds. The molecule has 4 heteroatoms. The lowest BCUT2D eigenvalue weighted by Crippen LogP contribution is -2.29. The number of alkyl halides is 2. The van der Waals surface area contributed by atoms with Gasteiger partial charge in [-0.05, 0) is 43.0 Å². The second-order valence-electron chi connectivity index (χ2n) is 5.34. The van der Waals surface area contributed by atoms with E-state index in [1.807, 2.05) is 0 Å². The van der Waals surface area contributed by atoms with E-state index in [1.54, 1.807) is 13.0 Å². The zero-order valence-electron chi connectivity index (χ0n) is 10.9. The standard InChI is InChI=1S/C15H17F3O/c1-10-8-13(16)3-2-12(10)9-14(19)11-4-6-15(17,18)7-5-11/h2-3,8,11H,4-7,9H2,1H3. The predicted molar refractivity (Wildman–Crippen MR) is 66.8 cm³/mol. The molecule has 19 heavy (non-hydrogen) atoms. The summed E-state index contributed by atoms with van der Waals surface area (Å²) in [6, 6.07) is 4.31. The van der Waals surface area contributed by atoms with Crippen LogP contribution >= 0.6 is 0 Å². The largest absolute Gasteiger partial charge is 0.299 e. The molecule has 1 aromatic carbocycles. The fourth-order valence-electron chi connectivity index (χ4n) is 2.55. The lowest BCUT2D eigenvalue weighted by molar-refractivity contribution is -0.126. The van der Waals surface area contributed by atoms with Gasteiger partial charge in [0.2, 0.25) is 5.92 Å². The Hall–Kier alpha value is -1.32. The summed E-state index contributed by atoms with van der Waals surface area (Å²) in [5, 5.41) is 0. The molecule has 1 saturated carbocycles. The number of benzene rings is 1. The summed E-state index contributed by atoms with van der Waals surface area (Å²) in [6.07, 6.45) is 0.318. The third kappa shape index (κ3) is 3.58. The van der Waals surface area contributed by atoms with Crippen LogP contribution in [-0.4, -0.2) is 11.7 Å². The van der Waals surface area contributed by atoms with E-state index in [2.05, 4.69) is 0 Å². The Labute approximate surface area is 110 Å². The van der Waals surface area contributed by atoms with Gasteiger partial charge in [-0.1, -0.05) is 6.07 Å². The van der Waals surface area contributed by atoms with Gasteiger partial charge in [-0.2, -0.15) is 0 Å². The molecule has 0 aliphatic heterocycles. The highest BCUT2D eigenvalue weighted by Crippen LogP contribution is 2.36. The van der Waals surface area contributed by atoms with Crippen molar-refractivity contribution in [2.45, 2.75) is 45.0 Å². The maximum Gasteiger partial charge on any atom is 0.248 e. The zero-order chi connectivity index (χ0) is 14.0. The molecular weight excluding hydrogens is 253 g/mol. The van der Waals surface area contributed by atoms with Gasteiger partial charge >= 0.3 is 0 Å². The Morgan fingerprint density at radius 2 is 1.95 bits per heavy atom. The van der Waals surface area contributed by atoms with Crippen molar-refractivity contribution in [2.75, 3.05) is 0 Å². The molecule has 1 nitrogen and oxygen atoms in total. The molecule has 0 N–H and O–H groups in total. The molecule has 2 rings (SSSR count). The molecule has 0 atom stereocenters. The Bertz CT molecular complexity index is 472. The number of halogens is 3. The van der Waals surface area contributed by atoms with E-state index >= 15 is 0 Å². The van der Waals surface area contributed by atoms with E-state index < -0.39 is 5.92 Å². The van der Waals surface area contributed by atoms with Gasteiger partial charge in [-0.15, -0.1) is 0 Å². The first-order chi connectivity index (χ1) is 8.87. The first-order valence-electron chi connectivity index (χ1n) is 6.53. The third-order valence-corrected chi connectivity index (χ3v) is 3.84. The van der Waals surface area contributed by atoms with Gasteiger partial charge in [0.05, 0.1) is 0 Å². The molecule has 1 aromatic rings. The van der Waals surface area contributed by atoms with Crippen LogP contribution in [0.1, 0.15) is 36.8 Å². The van der Waals surface area contributed by atoms with E-state index in [0.29, 0.717) is 0 Å². The van der Waals surface area contributed by atoms with Gasteiger partial charge in [-0.3, -0.25) is 4.79 Å². The highest BCUT2D eigenvalue weighted by atomic mass is 19.3. The average molecular weight is 270 g/mol. The van der Waals surface area contributed by atoms with Crippen molar-refractivity contribution in [3.63, 3.8) is 0 Å². The number of carbonyl (C=O) groups is 1. The molecule has 0 heterocycles. The maximum atomic E-state index is 13.0. The molecule has 104 valence electrons. The van der Waals surface area contributed by atoms with Crippen molar-refractivity contribution in [1.82, 2.24) is 0 Å². The Morgan fingerprint density at radius 3 is 2.53 bits per heavy atom. The first-order valence-corrected chi connectivity index (χ1v) is 6.53. The van der Waals surface area contributed by atoms with Crippen LogP contribution in [0.15, 0.2) is 18.2 Å². The van der Waals surface area contributed by atoms with Gasteiger partial charge in [0.15, 0.2) is 0 Å². The summed E-state index contributed by atoms with van der Waals surface area (Å²) < 4.78 is 39.0. The average Bonchev–Trinajstić information content (AvgIpc) is 2.32. The van der Waals surface area contributed by atoms with Crippen molar-refractivity contribution in [3.05, 3.63) is 35.1 Å². The van der Waals surface area contributed by atoms with Crippen molar-refractivity contribution in [2.24, 2.45) is 5.92 Å². The van der Waals surface area contributed by atoms with Crippen LogP contribution in [-0.2, 0) is 11.2 Å². The number of carbonyl (C=O) groups excluding carboxylic acids is 1. The van der Waals surface area contributed by atoms with Crippen LogP contribution in [0.2, 0.25) is 0 Å². The summed E-state index contributed by atoms with van der Waals surface area (Å²) in [4.78, 5) is 12.1. The highest BCUT2D eigenvalue weighted by Gasteiger charge is 2.37. The van der Waals surface area contributed by atoms with Crippen LogP contribution in [0.3, 0.4) is 0 Å². The number of hydrogen-bond donors (Lipinski definition) is 0. The highest BCUT2D eigenvalue weighted by molar-refractivity contribution is 5.83. The monoisotopic (exact) mass is 270 g/mol. The predicted octanol–water partition coefficient (Wildman–Crippen LogP) is 4.07. The minimum absolute atomic E-state index is 0.00907.